The van der Waals surface area contributed by atoms with Crippen LogP contribution in [0, 0.1) is 0 Å². The first kappa shape index (κ1) is 24.7. The summed E-state index contributed by atoms with van der Waals surface area (Å²) in [6, 6.07) is 15.6. The first-order valence-corrected chi connectivity index (χ1v) is 13.2. The van der Waals surface area contributed by atoms with E-state index in [1.54, 1.807) is 10.9 Å². The molecule has 3 heterocycles. The van der Waals surface area contributed by atoms with Gasteiger partial charge in [-0.1, -0.05) is 73.9 Å². The van der Waals surface area contributed by atoms with Gasteiger partial charge in [-0.15, -0.1) is 16.4 Å². The molecule has 9 heteroatoms. The Hall–Kier alpha value is -3.98. The molecule has 190 valence electrons. The maximum Gasteiger partial charge on any atom is 0.256 e. The van der Waals surface area contributed by atoms with E-state index in [0.717, 1.165) is 57.8 Å². The van der Waals surface area contributed by atoms with E-state index in [2.05, 4.69) is 17.2 Å². The van der Waals surface area contributed by atoms with Gasteiger partial charge in [0.05, 0.1) is 29.8 Å². The van der Waals surface area contributed by atoms with Crippen molar-refractivity contribution in [1.29, 1.82) is 0 Å². The highest BCUT2D eigenvalue weighted by Crippen LogP contribution is 2.38. The molecule has 37 heavy (non-hydrogen) atoms. The van der Waals surface area contributed by atoms with Gasteiger partial charge in [-0.05, 0) is 22.8 Å². The summed E-state index contributed by atoms with van der Waals surface area (Å²) in [5.41, 5.74) is 1.42. The summed E-state index contributed by atoms with van der Waals surface area (Å²) in [4.78, 5) is 26.2. The highest BCUT2D eigenvalue weighted by molar-refractivity contribution is 7.21. The molecule has 0 aliphatic heterocycles. The van der Waals surface area contributed by atoms with Crippen LogP contribution in [0.15, 0.2) is 59.5 Å². The van der Waals surface area contributed by atoms with Gasteiger partial charge < -0.3 is 14.6 Å². The fourth-order valence-corrected chi connectivity index (χ4v) is 5.98. The number of ether oxygens (including phenoxy) is 1. The molecule has 0 bridgehead atoms. The molecular weight excluding hydrogens is 488 g/mol. The largest absolute Gasteiger partial charge is 0.543 e. The normalized spacial score (nSPS) is 11.4. The number of hydrogen-bond donors (Lipinski definition) is 0. The van der Waals surface area contributed by atoms with Crippen LogP contribution in [0.3, 0.4) is 0 Å². The number of aromatic carboxylic acids is 1. The number of nitrogens with zero attached hydrogens (tertiary/aromatic N) is 4. The van der Waals surface area contributed by atoms with Crippen LogP contribution in [-0.2, 0) is 13.0 Å². The van der Waals surface area contributed by atoms with Gasteiger partial charge in [-0.3, -0.25) is 13.9 Å². The number of hydrogen-bond acceptors (Lipinski definition) is 7. The van der Waals surface area contributed by atoms with E-state index in [4.69, 9.17) is 4.74 Å². The van der Waals surface area contributed by atoms with Crippen molar-refractivity contribution in [3.05, 3.63) is 81.9 Å². The van der Waals surface area contributed by atoms with Crippen molar-refractivity contribution >= 4 is 32.9 Å². The predicted molar refractivity (Wildman–Crippen MR) is 142 cm³/mol. The van der Waals surface area contributed by atoms with E-state index in [9.17, 15) is 14.7 Å². The molecule has 0 aliphatic carbocycles. The Morgan fingerprint density at radius 1 is 1.08 bits per heavy atom. The molecule has 0 aliphatic rings. The summed E-state index contributed by atoms with van der Waals surface area (Å²) in [5.74, 6) is -0.997. The number of unbranched alkanes of at least 4 members (excludes halogenated alkanes) is 3. The minimum atomic E-state index is -1.45. The Bertz CT molecular complexity index is 1640. The quantitative estimate of drug-likeness (QED) is 0.257. The third kappa shape index (κ3) is 4.74. The molecule has 0 saturated carbocycles. The van der Waals surface area contributed by atoms with Gasteiger partial charge in [0, 0.05) is 24.6 Å². The number of carbonyl (C=O) groups excluding carboxylic acids is 1. The van der Waals surface area contributed by atoms with Crippen molar-refractivity contribution in [1.82, 2.24) is 19.4 Å². The lowest BCUT2D eigenvalue weighted by Gasteiger charge is -2.12. The highest BCUT2D eigenvalue weighted by atomic mass is 32.1. The summed E-state index contributed by atoms with van der Waals surface area (Å²) < 4.78 is 8.62. The van der Waals surface area contributed by atoms with Gasteiger partial charge in [0.15, 0.2) is 5.75 Å². The van der Waals surface area contributed by atoms with Crippen LogP contribution in [0.5, 0.6) is 5.75 Å². The van der Waals surface area contributed by atoms with Crippen LogP contribution < -0.4 is 15.4 Å². The average molecular weight is 516 g/mol. The molecule has 0 unspecified atom stereocenters. The number of carboxylic acids is 1. The summed E-state index contributed by atoms with van der Waals surface area (Å²) in [6.45, 7) is 2.84. The zero-order valence-corrected chi connectivity index (χ0v) is 21.6. The van der Waals surface area contributed by atoms with Crippen LogP contribution >= 0.6 is 11.3 Å². The van der Waals surface area contributed by atoms with Gasteiger partial charge in [0.2, 0.25) is 0 Å². The number of aryl methyl sites for hydroxylation is 1. The van der Waals surface area contributed by atoms with E-state index >= 15 is 0 Å². The molecule has 0 N–H and O–H groups in total. The van der Waals surface area contributed by atoms with Crippen molar-refractivity contribution in [3.63, 3.8) is 0 Å². The average Bonchev–Trinajstić information content (AvgIpc) is 3.53. The van der Waals surface area contributed by atoms with Crippen molar-refractivity contribution in [3.8, 4) is 16.3 Å². The number of fused-ring (bicyclic) bond motifs is 2. The molecule has 2 aromatic carbocycles. The number of carbonyl (C=O) groups is 1. The molecule has 0 spiro atoms. The van der Waals surface area contributed by atoms with Crippen molar-refractivity contribution in [2.24, 2.45) is 0 Å². The number of benzene rings is 2. The Labute approximate surface area is 217 Å². The first-order chi connectivity index (χ1) is 18.0. The molecule has 0 atom stereocenters. The molecule has 0 saturated heterocycles. The lowest BCUT2D eigenvalue weighted by atomic mass is 9.98. The fraction of sp³-hybridized carbons (Fsp3) is 0.286. The molecule has 5 rings (SSSR count). The summed E-state index contributed by atoms with van der Waals surface area (Å²) in [5, 5.41) is 22.8. The van der Waals surface area contributed by atoms with E-state index in [-0.39, 0.29) is 5.69 Å². The van der Waals surface area contributed by atoms with Crippen molar-refractivity contribution in [2.75, 3.05) is 7.11 Å². The lowest BCUT2D eigenvalue weighted by Crippen LogP contribution is -2.28. The lowest BCUT2D eigenvalue weighted by molar-refractivity contribution is -0.255. The smallest absolute Gasteiger partial charge is 0.256 e. The van der Waals surface area contributed by atoms with Crippen LogP contribution in [-0.4, -0.2) is 32.5 Å². The third-order valence-electron chi connectivity index (χ3n) is 6.51. The van der Waals surface area contributed by atoms with Crippen LogP contribution in [0.4, 0.5) is 0 Å². The van der Waals surface area contributed by atoms with Crippen LogP contribution in [0.1, 0.15) is 54.2 Å². The predicted octanol–water partition coefficient (Wildman–Crippen LogP) is 4.32. The van der Waals surface area contributed by atoms with Gasteiger partial charge >= 0.3 is 0 Å². The van der Waals surface area contributed by atoms with E-state index in [1.165, 1.54) is 13.2 Å². The maximum absolute atomic E-state index is 13.3. The van der Waals surface area contributed by atoms with Crippen LogP contribution in [0.2, 0.25) is 0 Å². The Morgan fingerprint density at radius 2 is 1.89 bits per heavy atom. The zero-order valence-electron chi connectivity index (χ0n) is 20.8. The Morgan fingerprint density at radius 3 is 2.68 bits per heavy atom. The van der Waals surface area contributed by atoms with Gasteiger partial charge in [0.25, 0.3) is 5.56 Å². The molecule has 8 nitrogen and oxygen atoms in total. The SMILES string of the molecule is CCCCCCn1cc(-c2sc3c(OC)c(Cc4cccc5ccccc45)cc(=O)n3c2C(=O)[O-])nn1. The molecular formula is C28H27N4O4S-. The maximum atomic E-state index is 13.3. The fourth-order valence-electron chi connectivity index (χ4n) is 4.74. The van der Waals surface area contributed by atoms with Gasteiger partial charge in [-0.25, -0.2) is 0 Å². The number of thiazole rings is 1. The molecule has 0 radical (unpaired) electrons. The monoisotopic (exact) mass is 515 g/mol. The molecule has 5 aromatic rings. The standard InChI is InChI=1S/C28H28N4O4S/c1-3-4-5-8-14-31-17-22(29-30-31)26-24(28(34)35)32-23(33)16-20(25(36-2)27(32)37-26)15-19-12-9-11-18-10-6-7-13-21(18)19/h6-7,9-13,16-17H,3-5,8,14-15H2,1-2H3,(H,34,35)/p-1. The second-order valence-corrected chi connectivity index (χ2v) is 9.99. The number of methoxy groups -OCH3 is 1. The summed E-state index contributed by atoms with van der Waals surface area (Å²) >= 11 is 1.15. The highest BCUT2D eigenvalue weighted by Gasteiger charge is 2.23. The van der Waals surface area contributed by atoms with Crippen molar-refractivity contribution < 1.29 is 14.6 Å². The van der Waals surface area contributed by atoms with E-state index in [1.807, 2.05) is 42.5 Å². The summed E-state index contributed by atoms with van der Waals surface area (Å²) in [7, 11) is 1.52. The van der Waals surface area contributed by atoms with Crippen molar-refractivity contribution in [2.45, 2.75) is 45.6 Å². The second kappa shape index (κ2) is 10.6. The summed E-state index contributed by atoms with van der Waals surface area (Å²) in [6.07, 6.45) is 6.51. The number of aromatic nitrogens is 4. The minimum absolute atomic E-state index is 0.238. The second-order valence-electron chi connectivity index (χ2n) is 8.99. The zero-order chi connectivity index (χ0) is 25.9. The minimum Gasteiger partial charge on any atom is -0.543 e. The number of pyridine rings is 1. The Balaban J connectivity index is 1.60. The van der Waals surface area contributed by atoms with Gasteiger partial charge in [0.1, 0.15) is 10.5 Å². The molecule has 0 fully saturated rings. The number of rotatable bonds is 10. The third-order valence-corrected chi connectivity index (χ3v) is 7.68. The Kier molecular flexibility index (Phi) is 7.05. The topological polar surface area (TPSA) is 102 Å². The van der Waals surface area contributed by atoms with E-state index < -0.39 is 11.5 Å². The first-order valence-electron chi connectivity index (χ1n) is 12.4. The molecule has 0 amide bonds. The number of carboxylic acid groups (broad SMARTS) is 1. The van der Waals surface area contributed by atoms with E-state index in [0.29, 0.717) is 39.7 Å². The molecule has 3 aromatic heterocycles. The van der Waals surface area contributed by atoms with Crippen LogP contribution in [0.25, 0.3) is 26.2 Å². The van der Waals surface area contributed by atoms with Gasteiger partial charge in [-0.2, -0.15) is 0 Å².